The molecule has 2 aromatic carbocycles. The zero-order valence-electron chi connectivity index (χ0n) is 28.8. The van der Waals surface area contributed by atoms with Crippen LogP contribution in [0, 0.1) is 17.8 Å². The molecule has 0 radical (unpaired) electrons. The molecule has 11 heteroatoms. The fourth-order valence-corrected chi connectivity index (χ4v) is 8.81. The molecule has 5 rings (SSSR count). The first-order valence-electron chi connectivity index (χ1n) is 17.4. The van der Waals surface area contributed by atoms with Gasteiger partial charge in [0.1, 0.15) is 18.2 Å². The van der Waals surface area contributed by atoms with Crippen LogP contribution in [0.3, 0.4) is 0 Å². The Kier molecular flexibility index (Phi) is 12.3. The highest BCUT2D eigenvalue weighted by Gasteiger charge is 2.77. The molecule has 3 heterocycles. The van der Waals surface area contributed by atoms with E-state index in [1.807, 2.05) is 74.5 Å². The van der Waals surface area contributed by atoms with E-state index in [2.05, 4.69) is 34.4 Å². The van der Waals surface area contributed by atoms with E-state index in [-0.39, 0.29) is 55.3 Å². The number of rotatable bonds is 17. The summed E-state index contributed by atoms with van der Waals surface area (Å²) in [6, 6.07) is 16.4. The molecule has 268 valence electrons. The van der Waals surface area contributed by atoms with Crippen LogP contribution in [-0.4, -0.2) is 87.0 Å². The first-order valence-corrected chi connectivity index (χ1v) is 18.3. The van der Waals surface area contributed by atoms with E-state index in [9.17, 15) is 24.3 Å². The van der Waals surface area contributed by atoms with Gasteiger partial charge in [-0.1, -0.05) is 103 Å². The number of hydrogen-bond donors (Lipinski definition) is 2. The lowest BCUT2D eigenvalue weighted by atomic mass is 9.70. The van der Waals surface area contributed by atoms with Crippen LogP contribution in [0.25, 0.3) is 0 Å². The number of halogens is 1. The Hall–Kier alpha value is -3.80. The fourth-order valence-electron chi connectivity index (χ4n) is 7.87. The molecule has 0 saturated carbocycles. The zero-order valence-corrected chi connectivity index (χ0v) is 30.4. The molecule has 1 unspecified atom stereocenters. The second-order valence-corrected chi connectivity index (χ2v) is 15.0. The molecule has 3 saturated heterocycles. The van der Waals surface area contributed by atoms with E-state index in [4.69, 9.17) is 9.47 Å². The summed E-state index contributed by atoms with van der Waals surface area (Å²) in [5.74, 6) is -3.33. The van der Waals surface area contributed by atoms with E-state index < -0.39 is 53.5 Å². The number of esters is 1. The van der Waals surface area contributed by atoms with Crippen molar-refractivity contribution in [2.45, 2.75) is 80.7 Å². The lowest BCUT2D eigenvalue weighted by Crippen LogP contribution is -2.59. The van der Waals surface area contributed by atoms with Crippen LogP contribution in [0.4, 0.5) is 0 Å². The van der Waals surface area contributed by atoms with Gasteiger partial charge in [-0.2, -0.15) is 0 Å². The van der Waals surface area contributed by atoms with Crippen LogP contribution in [0.1, 0.15) is 56.7 Å². The number of aliphatic hydroxyl groups is 1. The number of benzene rings is 2. The molecule has 0 aromatic heterocycles. The van der Waals surface area contributed by atoms with Crippen molar-refractivity contribution in [2.75, 3.05) is 19.8 Å². The van der Waals surface area contributed by atoms with Gasteiger partial charge in [-0.05, 0) is 36.3 Å². The number of nitrogens with zero attached hydrogens (tertiary/aromatic N) is 2. The van der Waals surface area contributed by atoms with E-state index in [0.717, 1.165) is 11.1 Å². The Balaban J connectivity index is 1.50. The summed E-state index contributed by atoms with van der Waals surface area (Å²) in [5, 5.41) is 13.7. The van der Waals surface area contributed by atoms with Crippen LogP contribution in [0.5, 0.6) is 0 Å². The summed E-state index contributed by atoms with van der Waals surface area (Å²) in [5.41, 5.74) is 0.338. The van der Waals surface area contributed by atoms with Crippen LogP contribution >= 0.6 is 15.9 Å². The van der Waals surface area contributed by atoms with Gasteiger partial charge in [-0.15, -0.1) is 13.2 Å². The molecule has 3 fully saturated rings. The highest BCUT2D eigenvalue weighted by molar-refractivity contribution is 9.09. The first-order chi connectivity index (χ1) is 24.1. The number of hydrogen-bond acceptors (Lipinski definition) is 7. The van der Waals surface area contributed by atoms with Gasteiger partial charge in [0, 0.05) is 24.3 Å². The number of ether oxygens (including phenoxy) is 2. The Morgan fingerprint density at radius 3 is 2.42 bits per heavy atom. The van der Waals surface area contributed by atoms with Gasteiger partial charge in [-0.25, -0.2) is 0 Å². The van der Waals surface area contributed by atoms with Crippen LogP contribution < -0.4 is 5.32 Å². The van der Waals surface area contributed by atoms with Gasteiger partial charge < -0.3 is 29.7 Å². The molecule has 0 aliphatic carbocycles. The number of carbonyl (C=O) groups is 4. The standard InChI is InChI=1S/C39H48BrN3O7/c1-5-7-18-31(45)49-24-30(27-16-12-9-13-17-27)41-36(46)32-33-37(47)43(28(23-44)20-25(3)4)35(39(33)21-29(40)34(32)50-39)38(48)42(19-6-2)22-26-14-10-8-11-15-26/h5-6,8-17,25,28-30,32-35,44H,1-2,7,18-24H2,3-4H3,(H,41,46)/t28-,29?,30+,32-,33+,34-,35-,39+/m1/s1. The Morgan fingerprint density at radius 1 is 1.12 bits per heavy atom. The van der Waals surface area contributed by atoms with Crippen molar-refractivity contribution in [1.29, 1.82) is 0 Å². The van der Waals surface area contributed by atoms with E-state index in [1.54, 1.807) is 17.1 Å². The number of fused-ring (bicyclic) bond motifs is 1. The molecule has 2 bridgehead atoms. The van der Waals surface area contributed by atoms with Crippen molar-refractivity contribution < 1.29 is 33.8 Å². The summed E-state index contributed by atoms with van der Waals surface area (Å²) in [6.07, 6.45) is 4.04. The first kappa shape index (κ1) is 37.5. The second kappa shape index (κ2) is 16.5. The SMILES string of the molecule is C=CCCC(=O)OC[C@H](NC(=O)[C@H]1[C@@H]2O[C@@]3(CC2Br)[C@@H]1C(=O)N([C@@H](CO)CC(C)C)[C@@H]3C(=O)N(CC=C)Cc1ccccc1)c1ccccc1. The van der Waals surface area contributed by atoms with Gasteiger partial charge in [-0.3, -0.25) is 19.2 Å². The monoisotopic (exact) mass is 749 g/mol. The minimum atomic E-state index is -1.31. The number of allylic oxidation sites excluding steroid dienone is 1. The molecule has 8 atom stereocenters. The average molecular weight is 751 g/mol. The van der Waals surface area contributed by atoms with Gasteiger partial charge in [0.25, 0.3) is 0 Å². The number of aliphatic hydroxyl groups excluding tert-OH is 1. The topological polar surface area (TPSA) is 125 Å². The second-order valence-electron chi connectivity index (χ2n) is 13.9. The van der Waals surface area contributed by atoms with Crippen molar-refractivity contribution in [3.8, 4) is 0 Å². The van der Waals surface area contributed by atoms with Crippen LogP contribution in [0.2, 0.25) is 0 Å². The predicted octanol–water partition coefficient (Wildman–Crippen LogP) is 4.72. The number of amides is 3. The normalized spacial score (nSPS) is 26.3. The minimum Gasteiger partial charge on any atom is -0.463 e. The van der Waals surface area contributed by atoms with Crippen LogP contribution in [0.15, 0.2) is 86.0 Å². The van der Waals surface area contributed by atoms with Crippen molar-refractivity contribution >= 4 is 39.6 Å². The summed E-state index contributed by atoms with van der Waals surface area (Å²) in [4.78, 5) is 59.4. The molecule has 50 heavy (non-hydrogen) atoms. The number of nitrogens with one attached hydrogen (secondary N) is 1. The summed E-state index contributed by atoms with van der Waals surface area (Å²) < 4.78 is 12.3. The molecule has 3 aliphatic rings. The van der Waals surface area contributed by atoms with Crippen LogP contribution in [-0.2, 0) is 35.2 Å². The van der Waals surface area contributed by atoms with Gasteiger partial charge in [0.15, 0.2) is 0 Å². The maximum absolute atomic E-state index is 14.8. The lowest BCUT2D eigenvalue weighted by Gasteiger charge is -2.40. The quantitative estimate of drug-likeness (QED) is 0.136. The third kappa shape index (κ3) is 7.60. The van der Waals surface area contributed by atoms with E-state index >= 15 is 0 Å². The molecule has 10 nitrogen and oxygen atoms in total. The van der Waals surface area contributed by atoms with Crippen molar-refractivity contribution in [3.05, 3.63) is 97.1 Å². The highest BCUT2D eigenvalue weighted by atomic mass is 79.9. The Labute approximate surface area is 303 Å². The summed E-state index contributed by atoms with van der Waals surface area (Å²) in [7, 11) is 0. The molecule has 2 aromatic rings. The van der Waals surface area contributed by atoms with E-state index in [0.29, 0.717) is 19.3 Å². The number of likely N-dealkylation sites (tertiary alicyclic amines) is 1. The van der Waals surface area contributed by atoms with Gasteiger partial charge in [0.2, 0.25) is 17.7 Å². The summed E-state index contributed by atoms with van der Waals surface area (Å²) >= 11 is 3.75. The third-order valence-corrected chi connectivity index (χ3v) is 10.8. The number of carbonyl (C=O) groups excluding carboxylic acids is 4. The molecular formula is C39H48BrN3O7. The lowest BCUT2D eigenvalue weighted by molar-refractivity contribution is -0.152. The molecular weight excluding hydrogens is 702 g/mol. The van der Waals surface area contributed by atoms with Crippen molar-refractivity contribution in [3.63, 3.8) is 0 Å². The smallest absolute Gasteiger partial charge is 0.306 e. The third-order valence-electron chi connectivity index (χ3n) is 9.97. The van der Waals surface area contributed by atoms with Crippen molar-refractivity contribution in [1.82, 2.24) is 15.1 Å². The summed E-state index contributed by atoms with van der Waals surface area (Å²) in [6.45, 7) is 11.6. The molecule has 3 amide bonds. The van der Waals surface area contributed by atoms with Gasteiger partial charge in [0.05, 0.1) is 36.6 Å². The number of alkyl halides is 1. The molecule has 2 N–H and O–H groups in total. The predicted molar refractivity (Wildman–Crippen MR) is 193 cm³/mol. The maximum atomic E-state index is 14.8. The fraction of sp³-hybridized carbons (Fsp3) is 0.487. The average Bonchev–Trinajstić information content (AvgIpc) is 3.71. The molecule has 1 spiro atoms. The van der Waals surface area contributed by atoms with Gasteiger partial charge >= 0.3 is 5.97 Å². The Morgan fingerprint density at radius 2 is 1.80 bits per heavy atom. The zero-order chi connectivity index (χ0) is 36.0. The molecule has 3 aliphatic heterocycles. The minimum absolute atomic E-state index is 0.102. The van der Waals surface area contributed by atoms with Crippen molar-refractivity contribution in [2.24, 2.45) is 17.8 Å². The maximum Gasteiger partial charge on any atom is 0.306 e. The largest absolute Gasteiger partial charge is 0.463 e. The highest BCUT2D eigenvalue weighted by Crippen LogP contribution is 2.60. The van der Waals surface area contributed by atoms with E-state index in [1.165, 1.54) is 4.90 Å². The Bertz CT molecular complexity index is 1540.